The number of imidazole rings is 1. The van der Waals surface area contributed by atoms with E-state index in [9.17, 15) is 4.79 Å². The number of aryl methyl sites for hydroxylation is 1. The predicted octanol–water partition coefficient (Wildman–Crippen LogP) is 5.35. The minimum atomic E-state index is -1.13. The topological polar surface area (TPSA) is 78.3 Å². The molecule has 0 spiro atoms. The number of hydrogen-bond acceptors (Lipinski definition) is 5. The van der Waals surface area contributed by atoms with Gasteiger partial charge in [-0.25, -0.2) is 14.8 Å². The van der Waals surface area contributed by atoms with Crippen LogP contribution in [-0.4, -0.2) is 47.5 Å². The second-order valence-electron chi connectivity index (χ2n) is 9.69. The number of rotatable bonds is 10. The molecule has 168 valence electrons. The van der Waals surface area contributed by atoms with Gasteiger partial charge in [-0.05, 0) is 61.7 Å². The number of amides is 1. The van der Waals surface area contributed by atoms with Crippen LogP contribution in [0.15, 0.2) is 16.7 Å². The highest BCUT2D eigenvalue weighted by molar-refractivity contribution is 9.10. The van der Waals surface area contributed by atoms with E-state index >= 15 is 0 Å². The van der Waals surface area contributed by atoms with Gasteiger partial charge in [0.2, 0.25) is 0 Å². The summed E-state index contributed by atoms with van der Waals surface area (Å²) >= 11 is 3.47. The van der Waals surface area contributed by atoms with E-state index < -0.39 is 13.7 Å². The molecule has 2 heterocycles. The maximum absolute atomic E-state index is 11.7. The van der Waals surface area contributed by atoms with E-state index in [1.165, 1.54) is 0 Å². The number of aromatic nitrogens is 3. The standard InChI is InChI=1S/C21H35BrN4O3Si/c1-21(2,3)29-20(27)23-10-8-7-9-18-25-17-13-16(22)14-24-19(17)26(18)15-28-11-12-30(4,5)6/h13-14H,7-12,15H2,1-6H3,(H,23,27). The number of carbonyl (C=O) groups is 1. The van der Waals surface area contributed by atoms with Crippen LogP contribution in [0.3, 0.4) is 0 Å². The van der Waals surface area contributed by atoms with Gasteiger partial charge in [-0.15, -0.1) is 0 Å². The molecule has 0 radical (unpaired) electrons. The van der Waals surface area contributed by atoms with E-state index in [4.69, 9.17) is 14.5 Å². The summed E-state index contributed by atoms with van der Waals surface area (Å²) in [4.78, 5) is 21.0. The van der Waals surface area contributed by atoms with Crippen LogP contribution >= 0.6 is 15.9 Å². The van der Waals surface area contributed by atoms with Crippen molar-refractivity contribution in [1.29, 1.82) is 0 Å². The van der Waals surface area contributed by atoms with Crippen molar-refractivity contribution in [3.63, 3.8) is 0 Å². The Morgan fingerprint density at radius 3 is 2.67 bits per heavy atom. The normalized spacial score (nSPS) is 12.4. The van der Waals surface area contributed by atoms with Gasteiger partial charge in [-0.1, -0.05) is 19.6 Å². The molecule has 7 nitrogen and oxygen atoms in total. The average Bonchev–Trinajstić information content (AvgIpc) is 2.92. The van der Waals surface area contributed by atoms with Crippen LogP contribution in [0, 0.1) is 0 Å². The van der Waals surface area contributed by atoms with Crippen LogP contribution in [0.25, 0.3) is 11.2 Å². The maximum Gasteiger partial charge on any atom is 0.407 e. The van der Waals surface area contributed by atoms with Crippen molar-refractivity contribution in [3.8, 4) is 0 Å². The number of fused-ring (bicyclic) bond motifs is 1. The Labute approximate surface area is 189 Å². The Balaban J connectivity index is 1.92. The van der Waals surface area contributed by atoms with Crippen LogP contribution in [0.5, 0.6) is 0 Å². The summed E-state index contributed by atoms with van der Waals surface area (Å²) in [5, 5.41) is 2.80. The summed E-state index contributed by atoms with van der Waals surface area (Å²) in [6.45, 7) is 14.4. The lowest BCUT2D eigenvalue weighted by Crippen LogP contribution is -2.33. The van der Waals surface area contributed by atoms with Gasteiger partial charge >= 0.3 is 6.09 Å². The summed E-state index contributed by atoms with van der Waals surface area (Å²) in [6, 6.07) is 3.11. The number of halogens is 1. The van der Waals surface area contributed by atoms with Gasteiger partial charge in [-0.2, -0.15) is 0 Å². The number of alkyl carbamates (subject to hydrolysis) is 1. The number of pyridine rings is 1. The fraction of sp³-hybridized carbons (Fsp3) is 0.667. The molecule has 0 bridgehead atoms. The fourth-order valence-corrected chi connectivity index (χ4v) is 3.88. The molecule has 0 unspecified atom stereocenters. The van der Waals surface area contributed by atoms with Gasteiger partial charge in [0.25, 0.3) is 0 Å². The maximum atomic E-state index is 11.7. The van der Waals surface area contributed by atoms with E-state index in [-0.39, 0.29) is 6.09 Å². The third-order valence-electron chi connectivity index (χ3n) is 4.34. The molecule has 2 aromatic heterocycles. The summed E-state index contributed by atoms with van der Waals surface area (Å²) in [6.07, 6.45) is 3.95. The molecule has 0 aliphatic carbocycles. The molecule has 9 heteroatoms. The first kappa shape index (κ1) is 24.8. The highest BCUT2D eigenvalue weighted by Gasteiger charge is 2.16. The average molecular weight is 500 g/mol. The fourth-order valence-electron chi connectivity index (χ4n) is 2.81. The van der Waals surface area contributed by atoms with Crippen LogP contribution in [0.4, 0.5) is 4.79 Å². The second kappa shape index (κ2) is 10.7. The molecule has 0 aromatic carbocycles. The molecule has 2 aromatic rings. The largest absolute Gasteiger partial charge is 0.444 e. The molecule has 2 rings (SSSR count). The van der Waals surface area contributed by atoms with E-state index in [0.29, 0.717) is 13.3 Å². The van der Waals surface area contributed by atoms with Crippen molar-refractivity contribution in [2.75, 3.05) is 13.2 Å². The monoisotopic (exact) mass is 498 g/mol. The zero-order valence-electron chi connectivity index (χ0n) is 19.0. The zero-order valence-corrected chi connectivity index (χ0v) is 21.6. The first-order chi connectivity index (χ1) is 13.9. The predicted molar refractivity (Wildman–Crippen MR) is 127 cm³/mol. The minimum Gasteiger partial charge on any atom is -0.444 e. The molecule has 1 N–H and O–H groups in total. The van der Waals surface area contributed by atoms with Gasteiger partial charge in [0, 0.05) is 38.3 Å². The lowest BCUT2D eigenvalue weighted by Gasteiger charge is -2.19. The Morgan fingerprint density at radius 1 is 1.27 bits per heavy atom. The molecule has 0 saturated carbocycles. The second-order valence-corrected chi connectivity index (χ2v) is 16.2. The van der Waals surface area contributed by atoms with Crippen molar-refractivity contribution in [1.82, 2.24) is 19.9 Å². The van der Waals surface area contributed by atoms with Crippen LogP contribution in [-0.2, 0) is 22.6 Å². The molecule has 1 amide bonds. The van der Waals surface area contributed by atoms with Crippen LogP contribution in [0.2, 0.25) is 25.7 Å². The Hall–Kier alpha value is -1.45. The number of nitrogens with zero attached hydrogens (tertiary/aromatic N) is 3. The molecule has 0 aliphatic heterocycles. The van der Waals surface area contributed by atoms with E-state index in [1.807, 2.05) is 26.8 Å². The van der Waals surface area contributed by atoms with Crippen molar-refractivity contribution in [3.05, 3.63) is 22.6 Å². The minimum absolute atomic E-state index is 0.375. The van der Waals surface area contributed by atoms with Crippen molar-refractivity contribution >= 4 is 41.3 Å². The van der Waals surface area contributed by atoms with E-state index in [0.717, 1.165) is 53.4 Å². The van der Waals surface area contributed by atoms with Gasteiger partial charge in [0.05, 0.1) is 0 Å². The quantitative estimate of drug-likeness (QED) is 0.352. The molecule has 0 fully saturated rings. The molecule has 0 saturated heterocycles. The third-order valence-corrected chi connectivity index (χ3v) is 6.48. The SMILES string of the molecule is CC(C)(C)OC(=O)NCCCCc1nc2cc(Br)cnc2n1COCC[Si](C)(C)C. The van der Waals surface area contributed by atoms with Crippen molar-refractivity contribution < 1.29 is 14.3 Å². The van der Waals surface area contributed by atoms with E-state index in [2.05, 4.69) is 50.4 Å². The first-order valence-electron chi connectivity index (χ1n) is 10.5. The summed E-state index contributed by atoms with van der Waals surface area (Å²) in [5.41, 5.74) is 1.22. The lowest BCUT2D eigenvalue weighted by atomic mass is 10.2. The molecule has 0 aliphatic rings. The van der Waals surface area contributed by atoms with Gasteiger partial charge in [0.15, 0.2) is 5.65 Å². The van der Waals surface area contributed by atoms with Gasteiger partial charge in [0.1, 0.15) is 23.7 Å². The number of ether oxygens (including phenoxy) is 2. The number of hydrogen-bond donors (Lipinski definition) is 1. The van der Waals surface area contributed by atoms with Crippen molar-refractivity contribution in [2.24, 2.45) is 0 Å². The molecule has 0 atom stereocenters. The van der Waals surface area contributed by atoms with Crippen molar-refractivity contribution in [2.45, 2.75) is 78.1 Å². The van der Waals surface area contributed by atoms with Crippen LogP contribution in [0.1, 0.15) is 39.4 Å². The molecular weight excluding hydrogens is 464 g/mol. The van der Waals surface area contributed by atoms with E-state index in [1.54, 1.807) is 6.20 Å². The number of carbonyl (C=O) groups excluding carboxylic acids is 1. The summed E-state index contributed by atoms with van der Waals surface area (Å²) in [7, 11) is -1.13. The first-order valence-corrected chi connectivity index (χ1v) is 15.0. The third kappa shape index (κ3) is 8.73. The number of nitrogens with one attached hydrogen (secondary N) is 1. The highest BCUT2D eigenvalue weighted by Crippen LogP contribution is 2.20. The molecule has 30 heavy (non-hydrogen) atoms. The number of unbranched alkanes of at least 4 members (excludes halogenated alkanes) is 1. The Morgan fingerprint density at radius 2 is 2.00 bits per heavy atom. The van der Waals surface area contributed by atoms with Gasteiger partial charge in [-0.3, -0.25) is 4.57 Å². The summed E-state index contributed by atoms with van der Waals surface area (Å²) < 4.78 is 14.2. The summed E-state index contributed by atoms with van der Waals surface area (Å²) in [5.74, 6) is 0.959. The molecular formula is C21H35BrN4O3Si. The van der Waals surface area contributed by atoms with Crippen LogP contribution < -0.4 is 5.32 Å². The smallest absolute Gasteiger partial charge is 0.407 e. The Kier molecular flexibility index (Phi) is 8.87. The highest BCUT2D eigenvalue weighted by atomic mass is 79.9. The van der Waals surface area contributed by atoms with Gasteiger partial charge < -0.3 is 14.8 Å². The zero-order chi connectivity index (χ0) is 22.4. The lowest BCUT2D eigenvalue weighted by molar-refractivity contribution is 0.0527. The Bertz CT molecular complexity index is 843.